The summed E-state index contributed by atoms with van der Waals surface area (Å²) in [5.41, 5.74) is 0.613. The van der Waals surface area contributed by atoms with E-state index in [1.54, 1.807) is 0 Å². The summed E-state index contributed by atoms with van der Waals surface area (Å²) >= 11 is 0. The van der Waals surface area contributed by atoms with Crippen molar-refractivity contribution in [3.63, 3.8) is 0 Å². The summed E-state index contributed by atoms with van der Waals surface area (Å²) in [4.78, 5) is 12.9. The van der Waals surface area contributed by atoms with Gasteiger partial charge in [0, 0.05) is 18.2 Å². The van der Waals surface area contributed by atoms with E-state index in [0.29, 0.717) is 12.1 Å². The molecule has 106 valence electrons. The van der Waals surface area contributed by atoms with Gasteiger partial charge < -0.3 is 5.11 Å². The normalized spacial score (nSPS) is 13.6. The first-order valence-corrected chi connectivity index (χ1v) is 6.35. The molecule has 0 fully saturated rings. The monoisotopic (exact) mass is 267 g/mol. The lowest BCUT2D eigenvalue weighted by atomic mass is 9.87. The van der Waals surface area contributed by atoms with Crippen LogP contribution in [0.3, 0.4) is 0 Å². The van der Waals surface area contributed by atoms with E-state index in [0.717, 1.165) is 0 Å². The van der Waals surface area contributed by atoms with Crippen LogP contribution in [0.5, 0.6) is 0 Å². The summed E-state index contributed by atoms with van der Waals surface area (Å²) in [5, 5.41) is 8.94. The molecule has 0 bridgehead atoms. The van der Waals surface area contributed by atoms with Crippen molar-refractivity contribution in [1.29, 1.82) is 0 Å². The molecule has 0 spiro atoms. The molecular formula is C15H22FNO2. The van der Waals surface area contributed by atoms with Crippen molar-refractivity contribution in [2.45, 2.75) is 40.3 Å². The Bertz CT molecular complexity index is 466. The van der Waals surface area contributed by atoms with Gasteiger partial charge in [0.1, 0.15) is 5.82 Å². The van der Waals surface area contributed by atoms with Gasteiger partial charge in [0.2, 0.25) is 0 Å². The van der Waals surface area contributed by atoms with Gasteiger partial charge in [-0.25, -0.2) is 9.18 Å². The van der Waals surface area contributed by atoms with Crippen LogP contribution in [0.15, 0.2) is 18.2 Å². The molecular weight excluding hydrogens is 245 g/mol. The molecule has 0 radical (unpaired) electrons. The Kier molecular flexibility index (Phi) is 4.69. The highest BCUT2D eigenvalue weighted by Gasteiger charge is 2.24. The standard InChI is InChI=1S/C15H22FNO2/c1-10(15(2,3)4)17(5)9-12-8-11(14(18)19)6-7-13(12)16/h6-8,10H,9H2,1-5H3,(H,18,19). The van der Waals surface area contributed by atoms with E-state index in [1.165, 1.54) is 18.2 Å². The van der Waals surface area contributed by atoms with Crippen LogP contribution >= 0.6 is 0 Å². The molecule has 0 amide bonds. The van der Waals surface area contributed by atoms with Crippen molar-refractivity contribution in [1.82, 2.24) is 4.90 Å². The van der Waals surface area contributed by atoms with Gasteiger partial charge >= 0.3 is 5.97 Å². The second-order valence-corrected chi connectivity index (χ2v) is 6.07. The minimum Gasteiger partial charge on any atom is -0.478 e. The lowest BCUT2D eigenvalue weighted by Gasteiger charge is -2.35. The maximum absolute atomic E-state index is 13.7. The molecule has 1 rings (SSSR count). The fourth-order valence-electron chi connectivity index (χ4n) is 1.90. The molecule has 0 aromatic heterocycles. The molecule has 0 aliphatic heterocycles. The number of benzene rings is 1. The molecule has 0 saturated carbocycles. The summed E-state index contributed by atoms with van der Waals surface area (Å²) < 4.78 is 13.7. The maximum Gasteiger partial charge on any atom is 0.335 e. The van der Waals surface area contributed by atoms with Crippen molar-refractivity contribution in [2.75, 3.05) is 7.05 Å². The van der Waals surface area contributed by atoms with E-state index >= 15 is 0 Å². The quantitative estimate of drug-likeness (QED) is 0.909. The smallest absolute Gasteiger partial charge is 0.335 e. The van der Waals surface area contributed by atoms with E-state index in [4.69, 9.17) is 5.11 Å². The van der Waals surface area contributed by atoms with Crippen LogP contribution in [0.2, 0.25) is 0 Å². The van der Waals surface area contributed by atoms with Crippen LogP contribution in [0, 0.1) is 11.2 Å². The van der Waals surface area contributed by atoms with Gasteiger partial charge in [-0.05, 0) is 37.6 Å². The van der Waals surface area contributed by atoms with Crippen molar-refractivity contribution in [3.8, 4) is 0 Å². The summed E-state index contributed by atoms with van der Waals surface area (Å²) in [5.74, 6) is -1.40. The lowest BCUT2D eigenvalue weighted by molar-refractivity contribution is 0.0696. The predicted molar refractivity (Wildman–Crippen MR) is 73.7 cm³/mol. The van der Waals surface area contributed by atoms with E-state index in [9.17, 15) is 9.18 Å². The summed E-state index contributed by atoms with van der Waals surface area (Å²) in [6, 6.07) is 4.16. The first-order valence-electron chi connectivity index (χ1n) is 6.35. The number of rotatable bonds is 4. The Hall–Kier alpha value is -1.42. The van der Waals surface area contributed by atoms with Gasteiger partial charge in [-0.15, -0.1) is 0 Å². The molecule has 3 nitrogen and oxygen atoms in total. The Morgan fingerprint density at radius 1 is 1.42 bits per heavy atom. The van der Waals surface area contributed by atoms with Gasteiger partial charge in [0.25, 0.3) is 0 Å². The average molecular weight is 267 g/mol. The molecule has 1 unspecified atom stereocenters. The number of halogens is 1. The van der Waals surface area contributed by atoms with Crippen LogP contribution in [-0.4, -0.2) is 29.1 Å². The van der Waals surface area contributed by atoms with E-state index in [2.05, 4.69) is 27.7 Å². The first kappa shape index (κ1) is 15.6. The zero-order valence-corrected chi connectivity index (χ0v) is 12.2. The molecule has 1 aromatic rings. The second kappa shape index (κ2) is 5.70. The number of carbonyl (C=O) groups is 1. The van der Waals surface area contributed by atoms with E-state index < -0.39 is 5.97 Å². The third-order valence-electron chi connectivity index (χ3n) is 3.63. The number of hydrogen-bond acceptors (Lipinski definition) is 2. The van der Waals surface area contributed by atoms with Crippen molar-refractivity contribution < 1.29 is 14.3 Å². The summed E-state index contributed by atoms with van der Waals surface area (Å²) in [6.45, 7) is 8.85. The van der Waals surface area contributed by atoms with Crippen LogP contribution < -0.4 is 0 Å². The number of carboxylic acids is 1. The molecule has 19 heavy (non-hydrogen) atoms. The molecule has 0 saturated heterocycles. The van der Waals surface area contributed by atoms with Gasteiger partial charge in [-0.2, -0.15) is 0 Å². The molecule has 1 N–H and O–H groups in total. The Balaban J connectivity index is 2.93. The zero-order valence-electron chi connectivity index (χ0n) is 12.2. The highest BCUT2D eigenvalue weighted by Crippen LogP contribution is 2.24. The van der Waals surface area contributed by atoms with Gasteiger partial charge in [0.05, 0.1) is 5.56 Å². The minimum atomic E-state index is -1.03. The van der Waals surface area contributed by atoms with Gasteiger partial charge in [-0.1, -0.05) is 20.8 Å². The number of hydrogen-bond donors (Lipinski definition) is 1. The Labute approximate surface area is 114 Å². The Morgan fingerprint density at radius 2 is 2.00 bits per heavy atom. The maximum atomic E-state index is 13.7. The van der Waals surface area contributed by atoms with Crippen LogP contribution in [0.4, 0.5) is 4.39 Å². The second-order valence-electron chi connectivity index (χ2n) is 6.07. The molecule has 0 heterocycles. The van der Waals surface area contributed by atoms with Gasteiger partial charge in [-0.3, -0.25) is 4.90 Å². The summed E-state index contributed by atoms with van der Waals surface area (Å²) in [6.07, 6.45) is 0. The van der Waals surface area contributed by atoms with Crippen LogP contribution in [-0.2, 0) is 6.54 Å². The number of nitrogens with zero attached hydrogens (tertiary/aromatic N) is 1. The summed E-state index contributed by atoms with van der Waals surface area (Å²) in [7, 11) is 1.92. The van der Waals surface area contributed by atoms with Crippen molar-refractivity contribution in [2.24, 2.45) is 5.41 Å². The fourth-order valence-corrected chi connectivity index (χ4v) is 1.90. The fraction of sp³-hybridized carbons (Fsp3) is 0.533. The Morgan fingerprint density at radius 3 is 2.47 bits per heavy atom. The lowest BCUT2D eigenvalue weighted by Crippen LogP contribution is -2.39. The SMILES string of the molecule is CC(N(C)Cc1cc(C(=O)O)ccc1F)C(C)(C)C. The molecule has 4 heteroatoms. The average Bonchev–Trinajstić information content (AvgIpc) is 2.29. The van der Waals surface area contributed by atoms with Crippen molar-refractivity contribution in [3.05, 3.63) is 35.1 Å². The number of carboxylic acid groups (broad SMARTS) is 1. The van der Waals surface area contributed by atoms with Crippen LogP contribution in [0.1, 0.15) is 43.6 Å². The third kappa shape index (κ3) is 4.03. The molecule has 1 aromatic carbocycles. The van der Waals surface area contributed by atoms with Crippen LogP contribution in [0.25, 0.3) is 0 Å². The van der Waals surface area contributed by atoms with E-state index in [-0.39, 0.29) is 22.8 Å². The topological polar surface area (TPSA) is 40.5 Å². The highest BCUT2D eigenvalue weighted by atomic mass is 19.1. The molecule has 0 aliphatic carbocycles. The number of aromatic carboxylic acids is 1. The van der Waals surface area contributed by atoms with Gasteiger partial charge in [0.15, 0.2) is 0 Å². The van der Waals surface area contributed by atoms with Crippen molar-refractivity contribution >= 4 is 5.97 Å². The predicted octanol–water partition coefficient (Wildman–Crippen LogP) is 3.39. The third-order valence-corrected chi connectivity index (χ3v) is 3.63. The largest absolute Gasteiger partial charge is 0.478 e. The highest BCUT2D eigenvalue weighted by molar-refractivity contribution is 5.87. The van der Waals surface area contributed by atoms with E-state index in [1.807, 2.05) is 11.9 Å². The minimum absolute atomic E-state index is 0.0790. The zero-order chi connectivity index (χ0) is 14.8. The molecule has 0 aliphatic rings. The first-order chi connectivity index (χ1) is 8.62. The molecule has 1 atom stereocenters.